The number of nitrogens with one attached hydrogen (secondary N) is 1. The van der Waals surface area contributed by atoms with E-state index in [1.54, 1.807) is 19.1 Å². The maximum absolute atomic E-state index is 11.8. The van der Waals surface area contributed by atoms with Gasteiger partial charge in [0.05, 0.1) is 0 Å². The van der Waals surface area contributed by atoms with Gasteiger partial charge in [0.15, 0.2) is 6.61 Å². The van der Waals surface area contributed by atoms with Crippen LogP contribution in [0.25, 0.3) is 0 Å². The molecular weight excluding hydrogens is 250 g/mol. The van der Waals surface area contributed by atoms with E-state index in [0.717, 1.165) is 0 Å². The van der Waals surface area contributed by atoms with Crippen LogP contribution >= 0.6 is 0 Å². The Balaban J connectivity index is 2.71. The fourth-order valence-corrected chi connectivity index (χ4v) is 1.34. The molecule has 0 aliphatic rings. The molecule has 1 amide bonds. The minimum Gasteiger partial charge on any atom is -0.452 e. The van der Waals surface area contributed by atoms with Gasteiger partial charge >= 0.3 is 11.9 Å². The lowest BCUT2D eigenvalue weighted by molar-refractivity contribution is -0.132. The molecule has 0 spiro atoms. The summed E-state index contributed by atoms with van der Waals surface area (Å²) in [7, 11) is 0. The first kappa shape index (κ1) is 14.7. The van der Waals surface area contributed by atoms with Crippen LogP contribution in [0.4, 0.5) is 0 Å². The van der Waals surface area contributed by atoms with Crippen molar-refractivity contribution in [3.05, 3.63) is 29.8 Å². The maximum Gasteiger partial charge on any atom is 0.342 e. The molecule has 0 aliphatic heterocycles. The fraction of sp³-hybridized carbons (Fsp3) is 0.308. The van der Waals surface area contributed by atoms with E-state index < -0.39 is 11.9 Å². The van der Waals surface area contributed by atoms with Gasteiger partial charge in [0.25, 0.3) is 5.91 Å². The maximum atomic E-state index is 11.8. The number of rotatable bonds is 5. The zero-order valence-electron chi connectivity index (χ0n) is 10.8. The van der Waals surface area contributed by atoms with E-state index in [2.05, 4.69) is 5.32 Å². The van der Waals surface area contributed by atoms with Gasteiger partial charge in [-0.3, -0.25) is 9.59 Å². The van der Waals surface area contributed by atoms with Crippen molar-refractivity contribution in [2.75, 3.05) is 13.2 Å². The number of benzene rings is 1. The molecule has 0 bridgehead atoms. The zero-order valence-corrected chi connectivity index (χ0v) is 10.8. The summed E-state index contributed by atoms with van der Waals surface area (Å²) in [6.45, 7) is 3.08. The van der Waals surface area contributed by atoms with Crippen LogP contribution in [0, 0.1) is 0 Å². The standard InChI is InChI=1S/C13H15NO5/c1-3-14-12(16)8-18-13(17)10-6-4-5-7-11(10)19-9(2)15/h4-7H,3,8H2,1-2H3,(H,14,16). The predicted octanol–water partition coefficient (Wildman–Crippen LogP) is 0.905. The Kier molecular flexibility index (Phi) is 5.53. The van der Waals surface area contributed by atoms with Crippen LogP contribution in [0.2, 0.25) is 0 Å². The summed E-state index contributed by atoms with van der Waals surface area (Å²) in [6.07, 6.45) is 0. The number of esters is 2. The molecule has 0 aromatic heterocycles. The summed E-state index contributed by atoms with van der Waals surface area (Å²) in [6, 6.07) is 6.16. The van der Waals surface area contributed by atoms with Crippen molar-refractivity contribution in [2.45, 2.75) is 13.8 Å². The molecule has 0 saturated heterocycles. The molecule has 0 radical (unpaired) electrons. The average molecular weight is 265 g/mol. The van der Waals surface area contributed by atoms with Crippen LogP contribution in [0.5, 0.6) is 5.75 Å². The Morgan fingerprint density at radius 2 is 1.89 bits per heavy atom. The highest BCUT2D eigenvalue weighted by Gasteiger charge is 2.15. The second-order valence-corrected chi connectivity index (χ2v) is 3.62. The normalized spacial score (nSPS) is 9.58. The monoisotopic (exact) mass is 265 g/mol. The van der Waals surface area contributed by atoms with Crippen LogP contribution in [-0.4, -0.2) is 31.0 Å². The van der Waals surface area contributed by atoms with Crippen LogP contribution in [0.1, 0.15) is 24.2 Å². The second kappa shape index (κ2) is 7.15. The van der Waals surface area contributed by atoms with Crippen molar-refractivity contribution >= 4 is 17.8 Å². The van der Waals surface area contributed by atoms with Crippen molar-refractivity contribution < 1.29 is 23.9 Å². The number of likely N-dealkylation sites (N-methyl/N-ethyl adjacent to an activating group) is 1. The van der Waals surface area contributed by atoms with E-state index in [4.69, 9.17) is 9.47 Å². The smallest absolute Gasteiger partial charge is 0.342 e. The lowest BCUT2D eigenvalue weighted by Crippen LogP contribution is -2.28. The van der Waals surface area contributed by atoms with Gasteiger partial charge in [-0.1, -0.05) is 12.1 Å². The first-order chi connectivity index (χ1) is 9.04. The van der Waals surface area contributed by atoms with Crippen LogP contribution in [0.3, 0.4) is 0 Å². The first-order valence-corrected chi connectivity index (χ1v) is 5.75. The quantitative estimate of drug-likeness (QED) is 0.632. The molecule has 6 heteroatoms. The highest BCUT2D eigenvalue weighted by molar-refractivity contribution is 5.94. The van der Waals surface area contributed by atoms with Gasteiger partial charge in [-0.25, -0.2) is 4.79 Å². The third kappa shape index (κ3) is 4.79. The number of para-hydroxylation sites is 1. The molecular formula is C13H15NO5. The van der Waals surface area contributed by atoms with E-state index in [0.29, 0.717) is 6.54 Å². The predicted molar refractivity (Wildman–Crippen MR) is 66.7 cm³/mol. The molecule has 6 nitrogen and oxygen atoms in total. The molecule has 0 saturated carbocycles. The fourth-order valence-electron chi connectivity index (χ4n) is 1.34. The summed E-state index contributed by atoms with van der Waals surface area (Å²) < 4.78 is 9.70. The highest BCUT2D eigenvalue weighted by Crippen LogP contribution is 2.19. The Bertz CT molecular complexity index is 484. The van der Waals surface area contributed by atoms with E-state index in [1.807, 2.05) is 0 Å². The molecule has 19 heavy (non-hydrogen) atoms. The Hall–Kier alpha value is -2.37. The number of ether oxygens (including phenoxy) is 2. The van der Waals surface area contributed by atoms with Crippen molar-refractivity contribution in [1.29, 1.82) is 0 Å². The molecule has 102 valence electrons. The summed E-state index contributed by atoms with van der Waals surface area (Å²) in [4.78, 5) is 33.8. The third-order valence-electron chi connectivity index (χ3n) is 2.07. The van der Waals surface area contributed by atoms with Crippen LogP contribution in [0.15, 0.2) is 24.3 Å². The van der Waals surface area contributed by atoms with Crippen molar-refractivity contribution in [3.8, 4) is 5.75 Å². The van der Waals surface area contributed by atoms with Crippen LogP contribution < -0.4 is 10.1 Å². The summed E-state index contributed by atoms with van der Waals surface area (Å²) in [5.74, 6) is -1.54. The lowest BCUT2D eigenvalue weighted by Gasteiger charge is -2.08. The molecule has 0 heterocycles. The van der Waals surface area contributed by atoms with E-state index in [9.17, 15) is 14.4 Å². The Morgan fingerprint density at radius 1 is 1.21 bits per heavy atom. The molecule has 1 rings (SSSR count). The van der Waals surface area contributed by atoms with Gasteiger partial charge in [0.1, 0.15) is 11.3 Å². The average Bonchev–Trinajstić information content (AvgIpc) is 2.36. The number of hydrogen-bond donors (Lipinski definition) is 1. The minimum atomic E-state index is -0.719. The zero-order chi connectivity index (χ0) is 14.3. The molecule has 0 atom stereocenters. The molecule has 1 N–H and O–H groups in total. The Morgan fingerprint density at radius 3 is 2.53 bits per heavy atom. The molecule has 0 unspecified atom stereocenters. The molecule has 0 aliphatic carbocycles. The number of amides is 1. The lowest BCUT2D eigenvalue weighted by atomic mass is 10.2. The second-order valence-electron chi connectivity index (χ2n) is 3.62. The SMILES string of the molecule is CCNC(=O)COC(=O)c1ccccc1OC(C)=O. The topological polar surface area (TPSA) is 81.7 Å². The largest absolute Gasteiger partial charge is 0.452 e. The van der Waals surface area contributed by atoms with Gasteiger partial charge in [0, 0.05) is 13.5 Å². The molecule has 1 aromatic carbocycles. The summed E-state index contributed by atoms with van der Waals surface area (Å²) >= 11 is 0. The summed E-state index contributed by atoms with van der Waals surface area (Å²) in [5, 5.41) is 2.50. The van der Waals surface area contributed by atoms with Crippen LogP contribution in [-0.2, 0) is 14.3 Å². The molecule has 1 aromatic rings. The number of carbonyl (C=O) groups is 3. The Labute approximate surface area is 110 Å². The first-order valence-electron chi connectivity index (χ1n) is 5.75. The van der Waals surface area contributed by atoms with Gasteiger partial charge < -0.3 is 14.8 Å². The van der Waals surface area contributed by atoms with Gasteiger partial charge in [-0.2, -0.15) is 0 Å². The van der Waals surface area contributed by atoms with E-state index in [-0.39, 0.29) is 23.8 Å². The third-order valence-corrected chi connectivity index (χ3v) is 2.07. The van der Waals surface area contributed by atoms with Gasteiger partial charge in [0.2, 0.25) is 0 Å². The van der Waals surface area contributed by atoms with Crippen molar-refractivity contribution in [2.24, 2.45) is 0 Å². The number of hydrogen-bond acceptors (Lipinski definition) is 5. The van der Waals surface area contributed by atoms with Gasteiger partial charge in [-0.15, -0.1) is 0 Å². The summed E-state index contributed by atoms with van der Waals surface area (Å²) in [5.41, 5.74) is 0.0991. The van der Waals surface area contributed by atoms with Crippen molar-refractivity contribution in [3.63, 3.8) is 0 Å². The van der Waals surface area contributed by atoms with E-state index >= 15 is 0 Å². The van der Waals surface area contributed by atoms with E-state index in [1.165, 1.54) is 19.1 Å². The van der Waals surface area contributed by atoms with Crippen molar-refractivity contribution in [1.82, 2.24) is 5.32 Å². The molecule has 0 fully saturated rings. The van der Waals surface area contributed by atoms with Gasteiger partial charge in [-0.05, 0) is 19.1 Å². The minimum absolute atomic E-state index is 0.0991. The number of carbonyl (C=O) groups excluding carboxylic acids is 3. The highest BCUT2D eigenvalue weighted by atomic mass is 16.5.